The van der Waals surface area contributed by atoms with Crippen LogP contribution in [0.25, 0.3) is 11.4 Å². The van der Waals surface area contributed by atoms with E-state index >= 15 is 0 Å². The van der Waals surface area contributed by atoms with Gasteiger partial charge in [-0.25, -0.2) is 18.7 Å². The first-order valence-corrected chi connectivity index (χ1v) is 9.65. The van der Waals surface area contributed by atoms with E-state index in [0.717, 1.165) is 47.9 Å². The molecule has 2 heterocycles. The van der Waals surface area contributed by atoms with Crippen molar-refractivity contribution in [3.63, 3.8) is 0 Å². The summed E-state index contributed by atoms with van der Waals surface area (Å²) in [6, 6.07) is 12.8. The molecule has 0 saturated carbocycles. The van der Waals surface area contributed by atoms with Crippen molar-refractivity contribution in [2.45, 2.75) is 25.7 Å². The van der Waals surface area contributed by atoms with Crippen LogP contribution >= 0.6 is 0 Å². The van der Waals surface area contributed by atoms with Gasteiger partial charge in [0, 0.05) is 36.5 Å². The maximum Gasteiger partial charge on any atom is 0.256 e. The molecule has 2 aromatic carbocycles. The number of likely N-dealkylation sites (tertiary alicyclic amines) is 1. The van der Waals surface area contributed by atoms with Crippen LogP contribution in [0, 0.1) is 18.6 Å². The number of carbonyl (C=O) groups is 1. The second kappa shape index (κ2) is 8.07. The Morgan fingerprint density at radius 2 is 2.00 bits per heavy atom. The molecular formula is C23H21F2N3O. The molecule has 1 aromatic heterocycles. The topological polar surface area (TPSA) is 46.1 Å². The smallest absolute Gasteiger partial charge is 0.256 e. The average molecular weight is 393 g/mol. The van der Waals surface area contributed by atoms with Gasteiger partial charge in [-0.1, -0.05) is 23.8 Å². The minimum atomic E-state index is -0.706. The Morgan fingerprint density at radius 3 is 2.83 bits per heavy atom. The molecule has 1 aliphatic rings. The molecule has 0 unspecified atom stereocenters. The lowest BCUT2D eigenvalue weighted by molar-refractivity contribution is 0.0700. The molecule has 1 fully saturated rings. The highest BCUT2D eigenvalue weighted by atomic mass is 19.1. The van der Waals surface area contributed by atoms with Crippen LogP contribution < -0.4 is 0 Å². The fourth-order valence-corrected chi connectivity index (χ4v) is 3.76. The number of nitrogens with zero attached hydrogens (tertiary/aromatic N) is 3. The van der Waals surface area contributed by atoms with E-state index in [2.05, 4.69) is 4.98 Å². The van der Waals surface area contributed by atoms with Crippen molar-refractivity contribution in [3.8, 4) is 11.4 Å². The highest BCUT2D eigenvalue weighted by Crippen LogP contribution is 2.28. The second-order valence-electron chi connectivity index (χ2n) is 7.39. The number of rotatable bonds is 3. The number of aryl methyl sites for hydroxylation is 1. The quantitative estimate of drug-likeness (QED) is 0.645. The molecule has 0 aliphatic carbocycles. The molecule has 1 atom stereocenters. The van der Waals surface area contributed by atoms with Gasteiger partial charge < -0.3 is 4.90 Å². The lowest BCUT2D eigenvalue weighted by Crippen LogP contribution is -2.39. The predicted octanol–water partition coefficient (Wildman–Crippen LogP) is 4.75. The van der Waals surface area contributed by atoms with Crippen molar-refractivity contribution in [1.29, 1.82) is 0 Å². The number of aromatic nitrogens is 2. The summed E-state index contributed by atoms with van der Waals surface area (Å²) in [6.45, 7) is 2.95. The Labute approximate surface area is 168 Å². The van der Waals surface area contributed by atoms with E-state index in [1.54, 1.807) is 11.1 Å². The van der Waals surface area contributed by atoms with Crippen LogP contribution in [0.4, 0.5) is 8.78 Å². The van der Waals surface area contributed by atoms with Crippen molar-refractivity contribution in [2.75, 3.05) is 13.1 Å². The van der Waals surface area contributed by atoms with Gasteiger partial charge in [0.1, 0.15) is 11.6 Å². The van der Waals surface area contributed by atoms with E-state index in [1.165, 1.54) is 0 Å². The zero-order valence-electron chi connectivity index (χ0n) is 16.1. The minimum Gasteiger partial charge on any atom is -0.338 e. The van der Waals surface area contributed by atoms with Gasteiger partial charge >= 0.3 is 0 Å². The summed E-state index contributed by atoms with van der Waals surface area (Å²) in [7, 11) is 0. The van der Waals surface area contributed by atoms with Crippen LogP contribution in [0.3, 0.4) is 0 Å². The largest absolute Gasteiger partial charge is 0.338 e. The molecule has 4 nitrogen and oxygen atoms in total. The van der Waals surface area contributed by atoms with E-state index in [1.807, 2.05) is 37.3 Å². The number of piperidine rings is 1. The summed E-state index contributed by atoms with van der Waals surface area (Å²) in [4.78, 5) is 23.5. The SMILES string of the molecule is Cc1cccc(-c2nccc([C@H]3CCCN(C(=O)c4cc(F)ccc4F)C3)n2)c1. The van der Waals surface area contributed by atoms with E-state index < -0.39 is 17.5 Å². The molecule has 4 rings (SSSR count). The molecule has 6 heteroatoms. The third kappa shape index (κ3) is 4.16. The van der Waals surface area contributed by atoms with Gasteiger partial charge in [0.2, 0.25) is 0 Å². The van der Waals surface area contributed by atoms with Gasteiger partial charge in [0.25, 0.3) is 5.91 Å². The predicted molar refractivity (Wildman–Crippen MR) is 106 cm³/mol. The van der Waals surface area contributed by atoms with Gasteiger partial charge in [-0.3, -0.25) is 4.79 Å². The Kier molecular flexibility index (Phi) is 5.34. The van der Waals surface area contributed by atoms with Crippen LogP contribution in [0.1, 0.15) is 40.4 Å². The first kappa shape index (κ1) is 19.2. The number of amides is 1. The molecule has 0 radical (unpaired) electrons. The Hall–Kier alpha value is -3.15. The Bertz CT molecular complexity index is 1050. The summed E-state index contributed by atoms with van der Waals surface area (Å²) < 4.78 is 27.5. The van der Waals surface area contributed by atoms with Crippen LogP contribution in [-0.4, -0.2) is 33.9 Å². The van der Waals surface area contributed by atoms with E-state index in [0.29, 0.717) is 18.9 Å². The molecule has 1 amide bonds. The molecule has 0 spiro atoms. The summed E-state index contributed by atoms with van der Waals surface area (Å²) in [6.07, 6.45) is 3.38. The molecule has 3 aromatic rings. The van der Waals surface area contributed by atoms with Crippen molar-refractivity contribution >= 4 is 5.91 Å². The van der Waals surface area contributed by atoms with Gasteiger partial charge in [-0.2, -0.15) is 0 Å². The fourth-order valence-electron chi connectivity index (χ4n) is 3.76. The second-order valence-corrected chi connectivity index (χ2v) is 7.39. The number of benzene rings is 2. The molecular weight excluding hydrogens is 372 g/mol. The molecule has 29 heavy (non-hydrogen) atoms. The van der Waals surface area contributed by atoms with E-state index in [9.17, 15) is 13.6 Å². The van der Waals surface area contributed by atoms with Crippen molar-refractivity contribution in [2.24, 2.45) is 0 Å². The van der Waals surface area contributed by atoms with Crippen LogP contribution in [-0.2, 0) is 0 Å². The number of hydrogen-bond acceptors (Lipinski definition) is 3. The summed E-state index contributed by atoms with van der Waals surface area (Å²) in [5.74, 6) is -1.15. The van der Waals surface area contributed by atoms with Crippen LogP contribution in [0.2, 0.25) is 0 Å². The van der Waals surface area contributed by atoms with Gasteiger partial charge in [0.05, 0.1) is 5.56 Å². The third-order valence-electron chi connectivity index (χ3n) is 5.24. The first-order valence-electron chi connectivity index (χ1n) is 9.65. The molecule has 1 aliphatic heterocycles. The first-order chi connectivity index (χ1) is 14.0. The van der Waals surface area contributed by atoms with Gasteiger partial charge in [-0.05, 0) is 50.1 Å². The monoisotopic (exact) mass is 393 g/mol. The van der Waals surface area contributed by atoms with Gasteiger partial charge in [0.15, 0.2) is 5.82 Å². The Balaban J connectivity index is 1.56. The zero-order valence-corrected chi connectivity index (χ0v) is 16.1. The van der Waals surface area contributed by atoms with Crippen molar-refractivity contribution in [1.82, 2.24) is 14.9 Å². The maximum absolute atomic E-state index is 14.0. The van der Waals surface area contributed by atoms with Gasteiger partial charge in [-0.15, -0.1) is 0 Å². The number of carbonyl (C=O) groups excluding carboxylic acids is 1. The molecule has 0 N–H and O–H groups in total. The normalized spacial score (nSPS) is 16.7. The lowest BCUT2D eigenvalue weighted by atomic mass is 9.94. The summed E-state index contributed by atoms with van der Waals surface area (Å²) >= 11 is 0. The van der Waals surface area contributed by atoms with Crippen LogP contribution in [0.5, 0.6) is 0 Å². The number of halogens is 2. The van der Waals surface area contributed by atoms with E-state index in [4.69, 9.17) is 4.98 Å². The molecule has 0 bridgehead atoms. The maximum atomic E-state index is 14.0. The highest BCUT2D eigenvalue weighted by Gasteiger charge is 2.28. The summed E-state index contributed by atoms with van der Waals surface area (Å²) in [5.41, 5.74) is 2.70. The standard InChI is InChI=1S/C23H21F2N3O/c1-15-4-2-5-16(12-15)22-26-10-9-21(27-22)17-6-3-11-28(14-17)23(29)19-13-18(24)7-8-20(19)25/h2,4-5,7-10,12-13,17H,3,6,11,14H2,1H3/t17-/m0/s1. The molecule has 1 saturated heterocycles. The third-order valence-corrected chi connectivity index (χ3v) is 5.24. The van der Waals surface area contributed by atoms with Crippen LogP contribution in [0.15, 0.2) is 54.7 Å². The zero-order chi connectivity index (χ0) is 20.4. The van der Waals surface area contributed by atoms with E-state index in [-0.39, 0.29) is 11.5 Å². The fraction of sp³-hybridized carbons (Fsp3) is 0.261. The minimum absolute atomic E-state index is 0.0240. The van der Waals surface area contributed by atoms with Crippen molar-refractivity contribution in [3.05, 3.63) is 83.2 Å². The Morgan fingerprint density at radius 1 is 1.14 bits per heavy atom. The average Bonchev–Trinajstić information content (AvgIpc) is 2.75. The van der Waals surface area contributed by atoms with Crippen molar-refractivity contribution < 1.29 is 13.6 Å². The highest BCUT2D eigenvalue weighted by molar-refractivity contribution is 5.94. The lowest BCUT2D eigenvalue weighted by Gasteiger charge is -2.32. The summed E-state index contributed by atoms with van der Waals surface area (Å²) in [5, 5.41) is 0. The molecule has 148 valence electrons. The number of hydrogen-bond donors (Lipinski definition) is 0.